The molecular weight excluding hydrogens is 632 g/mol. The van der Waals surface area contributed by atoms with Crippen LogP contribution in [0.1, 0.15) is 109 Å². The van der Waals surface area contributed by atoms with E-state index >= 15 is 0 Å². The first-order valence-corrected chi connectivity index (χ1v) is 8.12. The van der Waals surface area contributed by atoms with E-state index in [4.69, 9.17) is 0 Å². The molecule has 152 valence electrons. The third kappa shape index (κ3) is 90.4. The molecule has 0 spiro atoms. The van der Waals surface area contributed by atoms with Gasteiger partial charge in [0.05, 0.1) is 0 Å². The Morgan fingerprint density at radius 1 is 0.542 bits per heavy atom. The summed E-state index contributed by atoms with van der Waals surface area (Å²) >= 11 is 0. The van der Waals surface area contributed by atoms with Crippen molar-refractivity contribution in [1.29, 1.82) is 0 Å². The van der Waals surface area contributed by atoms with Gasteiger partial charge in [0.15, 0.2) is 0 Å². The van der Waals surface area contributed by atoms with Gasteiger partial charge in [-0.1, -0.05) is 82.1 Å². The van der Waals surface area contributed by atoms with Gasteiger partial charge in [0, 0.05) is 0 Å². The van der Waals surface area contributed by atoms with Gasteiger partial charge in [0.1, 0.15) is 0 Å². The molecule has 0 fully saturated rings. The van der Waals surface area contributed by atoms with Crippen molar-refractivity contribution in [2.24, 2.45) is 10.8 Å². The fraction of sp³-hybridized carbons (Fsp3) is 0.818. The van der Waals surface area contributed by atoms with Gasteiger partial charge in [-0.3, -0.25) is 0 Å². The van der Waals surface area contributed by atoms with E-state index < -0.39 is 0 Å². The summed E-state index contributed by atoms with van der Waals surface area (Å²) in [6, 6.07) is 0. The fourth-order valence-electron chi connectivity index (χ4n) is 1.31. The fourth-order valence-corrected chi connectivity index (χ4v) is 1.31. The molecule has 0 aromatic carbocycles. The molecular formula is C22H52W2. The molecule has 24 heavy (non-hydrogen) atoms. The molecule has 0 unspecified atom stereocenters. The van der Waals surface area contributed by atoms with E-state index in [0.29, 0.717) is 10.8 Å². The van der Waals surface area contributed by atoms with Crippen LogP contribution in [0, 0.1) is 38.5 Å². The van der Waals surface area contributed by atoms with E-state index in [0.717, 1.165) is 12.8 Å². The Morgan fingerprint density at radius 3 is 0.750 bits per heavy atom. The Balaban J connectivity index is -0.0000000258. The van der Waals surface area contributed by atoms with Gasteiger partial charge in [-0.15, -0.1) is 0 Å². The molecule has 0 aromatic heterocycles. The standard InChI is InChI=1S/2C8H17.2C2H5.2CH4.2W/c2*1-5-6-7-8(2,3)4;2*1-2;;;;/h2*1,5-7H2,2-4H3;2*1H2,2H3;2*1H4;;/q4*-1;;;2*+2. The van der Waals surface area contributed by atoms with Gasteiger partial charge in [-0.25, -0.2) is 0 Å². The summed E-state index contributed by atoms with van der Waals surface area (Å²) in [6.45, 7) is 31.2. The Labute approximate surface area is 188 Å². The molecule has 0 atom stereocenters. The van der Waals surface area contributed by atoms with Gasteiger partial charge < -0.3 is 27.7 Å². The van der Waals surface area contributed by atoms with Crippen LogP contribution in [0.3, 0.4) is 0 Å². The molecule has 0 saturated heterocycles. The van der Waals surface area contributed by atoms with E-state index in [9.17, 15) is 0 Å². The molecule has 0 bridgehead atoms. The third-order valence-electron chi connectivity index (χ3n) is 2.35. The van der Waals surface area contributed by atoms with Gasteiger partial charge >= 0.3 is 42.1 Å². The second kappa shape index (κ2) is 35.5. The Morgan fingerprint density at radius 2 is 0.708 bits per heavy atom. The molecule has 0 aliphatic heterocycles. The van der Waals surface area contributed by atoms with Crippen LogP contribution in [-0.2, 0) is 42.1 Å². The van der Waals surface area contributed by atoms with Crippen LogP contribution in [0.2, 0.25) is 0 Å². The Kier molecular flexibility index (Phi) is 73.8. The summed E-state index contributed by atoms with van der Waals surface area (Å²) < 4.78 is 0. The summed E-state index contributed by atoms with van der Waals surface area (Å²) in [6.07, 6.45) is 7.30. The largest absolute Gasteiger partial charge is 2.00 e. The minimum atomic E-state index is 0. The first kappa shape index (κ1) is 49.9. The van der Waals surface area contributed by atoms with Gasteiger partial charge in [-0.05, 0) is 10.8 Å². The summed E-state index contributed by atoms with van der Waals surface area (Å²) in [5, 5.41) is 0. The molecule has 0 aliphatic rings. The first-order chi connectivity index (χ1) is 9.12. The zero-order chi connectivity index (χ0) is 17.2. The van der Waals surface area contributed by atoms with Crippen molar-refractivity contribution >= 4 is 0 Å². The zero-order valence-corrected chi connectivity index (χ0v) is 22.8. The van der Waals surface area contributed by atoms with E-state index in [2.05, 4.69) is 69.2 Å². The molecule has 0 amide bonds. The quantitative estimate of drug-likeness (QED) is 0.260. The minimum absolute atomic E-state index is 0. The average Bonchev–Trinajstić information content (AvgIpc) is 2.38. The smallest absolute Gasteiger partial charge is 0.346 e. The Bertz CT molecular complexity index is 123. The van der Waals surface area contributed by atoms with Crippen molar-refractivity contribution in [3.8, 4) is 0 Å². The number of hydrogen-bond donors (Lipinski definition) is 0. The summed E-state index contributed by atoms with van der Waals surface area (Å²) in [5.74, 6) is 0. The van der Waals surface area contributed by atoms with Crippen molar-refractivity contribution in [1.82, 2.24) is 0 Å². The molecule has 2 heteroatoms. The molecule has 0 aliphatic carbocycles. The SMILES string of the molecule is C.C.[CH2-]C.[CH2-]C.[CH2-]CCCC(C)(C)C.[CH2-]CCCC(C)(C)C.[W+2].[W+2]. The maximum atomic E-state index is 3.79. The van der Waals surface area contributed by atoms with Crippen molar-refractivity contribution in [3.63, 3.8) is 0 Å². The van der Waals surface area contributed by atoms with Crippen molar-refractivity contribution in [2.45, 2.75) is 109 Å². The van der Waals surface area contributed by atoms with Crippen LogP contribution in [-0.4, -0.2) is 0 Å². The normalized spacial score (nSPS) is 8.50. The molecule has 0 rings (SSSR count). The van der Waals surface area contributed by atoms with Crippen molar-refractivity contribution in [3.05, 3.63) is 27.7 Å². The molecule has 0 nitrogen and oxygen atoms in total. The summed E-state index contributed by atoms with van der Waals surface area (Å²) in [5.41, 5.74) is 1.02. The molecule has 0 heterocycles. The zero-order valence-electron chi connectivity index (χ0n) is 16.9. The number of unbranched alkanes of at least 4 members (excludes halogenated alkanes) is 2. The van der Waals surface area contributed by atoms with Gasteiger partial charge in [0.25, 0.3) is 0 Å². The Hall–Kier alpha value is 1.38. The first-order valence-electron chi connectivity index (χ1n) is 8.12. The number of rotatable bonds is 4. The summed E-state index contributed by atoms with van der Waals surface area (Å²) in [7, 11) is 0. The van der Waals surface area contributed by atoms with E-state index in [-0.39, 0.29) is 57.0 Å². The van der Waals surface area contributed by atoms with E-state index in [1.807, 2.05) is 0 Å². The topological polar surface area (TPSA) is 0 Å². The van der Waals surface area contributed by atoms with Crippen LogP contribution in [0.15, 0.2) is 0 Å². The average molecular weight is 684 g/mol. The third-order valence-corrected chi connectivity index (χ3v) is 2.35. The van der Waals surface area contributed by atoms with Crippen LogP contribution in [0.5, 0.6) is 0 Å². The maximum Gasteiger partial charge on any atom is 2.00 e. The van der Waals surface area contributed by atoms with Gasteiger partial charge in [0.2, 0.25) is 0 Å². The van der Waals surface area contributed by atoms with Crippen molar-refractivity contribution < 1.29 is 42.1 Å². The van der Waals surface area contributed by atoms with Crippen LogP contribution in [0.25, 0.3) is 0 Å². The van der Waals surface area contributed by atoms with E-state index in [1.165, 1.54) is 25.7 Å². The number of hydrogen-bond acceptors (Lipinski definition) is 0. The monoisotopic (exact) mass is 684 g/mol. The second-order valence-electron chi connectivity index (χ2n) is 7.04. The summed E-state index contributed by atoms with van der Waals surface area (Å²) in [4.78, 5) is 0. The molecule has 0 N–H and O–H groups in total. The van der Waals surface area contributed by atoms with E-state index in [1.54, 1.807) is 13.8 Å². The van der Waals surface area contributed by atoms with Crippen LogP contribution >= 0.6 is 0 Å². The molecule has 0 saturated carbocycles. The minimum Gasteiger partial charge on any atom is -0.346 e. The van der Waals surface area contributed by atoms with Crippen LogP contribution < -0.4 is 0 Å². The maximum absolute atomic E-state index is 3.79. The predicted molar refractivity (Wildman–Crippen MR) is 113 cm³/mol. The molecule has 0 radical (unpaired) electrons. The van der Waals surface area contributed by atoms with Crippen LogP contribution in [0.4, 0.5) is 0 Å². The predicted octanol–water partition coefficient (Wildman–Crippen LogP) is 9.02. The molecule has 0 aromatic rings. The van der Waals surface area contributed by atoms with Crippen molar-refractivity contribution in [2.75, 3.05) is 0 Å². The second-order valence-corrected chi connectivity index (χ2v) is 7.04. The van der Waals surface area contributed by atoms with Gasteiger partial charge in [-0.2, -0.15) is 26.7 Å².